The van der Waals surface area contributed by atoms with Gasteiger partial charge in [0.15, 0.2) is 0 Å². The maximum Gasteiger partial charge on any atom is 0.340 e. The van der Waals surface area contributed by atoms with Crippen LogP contribution in [0, 0.1) is 3.57 Å². The minimum atomic E-state index is -0.390. The SMILES string of the molecule is COC(=O)c1c(Br)ccc(Cl)c1I. The lowest BCUT2D eigenvalue weighted by Gasteiger charge is -2.05. The number of benzene rings is 1. The highest BCUT2D eigenvalue weighted by molar-refractivity contribution is 14.1. The highest BCUT2D eigenvalue weighted by Gasteiger charge is 2.16. The Hall–Kier alpha value is 0.190. The highest BCUT2D eigenvalue weighted by atomic mass is 127. The van der Waals surface area contributed by atoms with Gasteiger partial charge in [-0.25, -0.2) is 4.79 Å². The Bertz CT molecular complexity index is 354. The molecular formula is C8H5BrClIO2. The fourth-order valence-electron chi connectivity index (χ4n) is 0.816. The topological polar surface area (TPSA) is 26.3 Å². The largest absolute Gasteiger partial charge is 0.465 e. The van der Waals surface area contributed by atoms with Gasteiger partial charge in [0.05, 0.1) is 17.7 Å². The molecule has 0 heterocycles. The number of rotatable bonds is 1. The summed E-state index contributed by atoms with van der Waals surface area (Å²) in [6.07, 6.45) is 0. The fourth-order valence-corrected chi connectivity index (χ4v) is 2.53. The van der Waals surface area contributed by atoms with Crippen LogP contribution in [0.5, 0.6) is 0 Å². The molecule has 1 aromatic rings. The summed E-state index contributed by atoms with van der Waals surface area (Å²) in [6, 6.07) is 3.44. The first-order valence-electron chi connectivity index (χ1n) is 3.29. The van der Waals surface area contributed by atoms with Crippen molar-refractivity contribution in [2.45, 2.75) is 0 Å². The molecule has 0 aromatic heterocycles. The first-order chi connectivity index (χ1) is 6.07. The molecule has 0 saturated heterocycles. The highest BCUT2D eigenvalue weighted by Crippen LogP contribution is 2.28. The van der Waals surface area contributed by atoms with Crippen molar-refractivity contribution in [3.8, 4) is 0 Å². The lowest BCUT2D eigenvalue weighted by molar-refractivity contribution is 0.0598. The van der Waals surface area contributed by atoms with Gasteiger partial charge in [0.1, 0.15) is 0 Å². The summed E-state index contributed by atoms with van der Waals surface area (Å²) >= 11 is 11.1. The lowest BCUT2D eigenvalue weighted by Crippen LogP contribution is -2.05. The molecule has 0 aliphatic carbocycles. The Balaban J connectivity index is 3.33. The first-order valence-corrected chi connectivity index (χ1v) is 5.54. The van der Waals surface area contributed by atoms with Crippen LogP contribution in [0.3, 0.4) is 0 Å². The van der Waals surface area contributed by atoms with Gasteiger partial charge in [-0.3, -0.25) is 0 Å². The molecule has 0 amide bonds. The van der Waals surface area contributed by atoms with Gasteiger partial charge in [-0.1, -0.05) is 11.6 Å². The zero-order chi connectivity index (χ0) is 10.0. The quantitative estimate of drug-likeness (QED) is 0.427. The molecule has 0 bridgehead atoms. The van der Waals surface area contributed by atoms with E-state index in [-0.39, 0.29) is 0 Å². The zero-order valence-corrected chi connectivity index (χ0v) is 11.1. The van der Waals surface area contributed by atoms with Crippen LogP contribution >= 0.6 is 50.1 Å². The molecule has 2 nitrogen and oxygen atoms in total. The molecule has 0 saturated carbocycles. The molecule has 1 aromatic carbocycles. The van der Waals surface area contributed by atoms with Gasteiger partial charge >= 0.3 is 5.97 Å². The second kappa shape index (κ2) is 4.61. The minimum absolute atomic E-state index is 0.390. The van der Waals surface area contributed by atoms with Crippen molar-refractivity contribution in [3.05, 3.63) is 30.8 Å². The average Bonchev–Trinajstić information content (AvgIpc) is 2.12. The Morgan fingerprint density at radius 1 is 1.62 bits per heavy atom. The van der Waals surface area contributed by atoms with E-state index in [4.69, 9.17) is 11.6 Å². The molecular weight excluding hydrogens is 370 g/mol. The second-order valence-electron chi connectivity index (χ2n) is 2.21. The maximum atomic E-state index is 11.3. The van der Waals surface area contributed by atoms with Crippen molar-refractivity contribution < 1.29 is 9.53 Å². The number of carbonyl (C=O) groups is 1. The van der Waals surface area contributed by atoms with E-state index < -0.39 is 5.97 Å². The van der Waals surface area contributed by atoms with Crippen LogP contribution in [-0.4, -0.2) is 13.1 Å². The molecule has 0 aliphatic rings. The van der Waals surface area contributed by atoms with Crippen molar-refractivity contribution in [1.29, 1.82) is 0 Å². The van der Waals surface area contributed by atoms with Crippen LogP contribution in [-0.2, 0) is 4.74 Å². The van der Waals surface area contributed by atoms with Crippen molar-refractivity contribution in [2.24, 2.45) is 0 Å². The first kappa shape index (κ1) is 11.3. The van der Waals surface area contributed by atoms with Gasteiger partial charge in [0.2, 0.25) is 0 Å². The smallest absolute Gasteiger partial charge is 0.340 e. The third kappa shape index (κ3) is 2.35. The molecule has 13 heavy (non-hydrogen) atoms. The van der Waals surface area contributed by atoms with E-state index in [2.05, 4.69) is 20.7 Å². The van der Waals surface area contributed by atoms with E-state index in [1.165, 1.54) is 7.11 Å². The fraction of sp³-hybridized carbons (Fsp3) is 0.125. The minimum Gasteiger partial charge on any atom is -0.465 e. The molecule has 0 atom stereocenters. The van der Waals surface area contributed by atoms with E-state index in [0.29, 0.717) is 18.6 Å². The number of methoxy groups -OCH3 is 1. The summed E-state index contributed by atoms with van der Waals surface area (Å²) in [6.45, 7) is 0. The van der Waals surface area contributed by atoms with Gasteiger partial charge in [0, 0.05) is 8.04 Å². The van der Waals surface area contributed by atoms with Gasteiger partial charge < -0.3 is 4.74 Å². The number of hydrogen-bond acceptors (Lipinski definition) is 2. The molecule has 5 heteroatoms. The summed E-state index contributed by atoms with van der Waals surface area (Å²) < 4.78 is 6.00. The van der Waals surface area contributed by atoms with E-state index in [1.54, 1.807) is 12.1 Å². The normalized spacial score (nSPS) is 9.85. The molecule has 70 valence electrons. The molecule has 0 N–H and O–H groups in total. The van der Waals surface area contributed by atoms with E-state index >= 15 is 0 Å². The van der Waals surface area contributed by atoms with Gasteiger partial charge in [-0.15, -0.1) is 0 Å². The summed E-state index contributed by atoms with van der Waals surface area (Å²) in [4.78, 5) is 11.3. The van der Waals surface area contributed by atoms with Crippen LogP contribution in [0.25, 0.3) is 0 Å². The summed E-state index contributed by atoms with van der Waals surface area (Å²) in [5.74, 6) is -0.390. The van der Waals surface area contributed by atoms with Crippen LogP contribution in [0.1, 0.15) is 10.4 Å². The van der Waals surface area contributed by atoms with Gasteiger partial charge in [-0.05, 0) is 50.7 Å². The molecule has 0 aliphatic heterocycles. The number of carbonyl (C=O) groups excluding carboxylic acids is 1. The van der Waals surface area contributed by atoms with Crippen molar-refractivity contribution >= 4 is 56.1 Å². The van der Waals surface area contributed by atoms with Crippen LogP contribution < -0.4 is 0 Å². The summed E-state index contributed by atoms with van der Waals surface area (Å²) in [7, 11) is 1.34. The van der Waals surface area contributed by atoms with Gasteiger partial charge in [-0.2, -0.15) is 0 Å². The van der Waals surface area contributed by atoms with Crippen molar-refractivity contribution in [3.63, 3.8) is 0 Å². The van der Waals surface area contributed by atoms with E-state index in [1.807, 2.05) is 22.6 Å². The van der Waals surface area contributed by atoms with Crippen LogP contribution in [0.2, 0.25) is 5.02 Å². The third-order valence-electron chi connectivity index (χ3n) is 1.43. The van der Waals surface area contributed by atoms with Crippen molar-refractivity contribution in [1.82, 2.24) is 0 Å². The van der Waals surface area contributed by atoms with Gasteiger partial charge in [0.25, 0.3) is 0 Å². The average molecular weight is 375 g/mol. The molecule has 0 radical (unpaired) electrons. The van der Waals surface area contributed by atoms with Crippen LogP contribution in [0.15, 0.2) is 16.6 Å². The Morgan fingerprint density at radius 2 is 2.23 bits per heavy atom. The predicted molar refractivity (Wildman–Crippen MR) is 63.2 cm³/mol. The zero-order valence-electron chi connectivity index (χ0n) is 6.61. The number of hydrogen-bond donors (Lipinski definition) is 0. The number of halogens is 3. The Kier molecular flexibility index (Phi) is 4.00. The monoisotopic (exact) mass is 374 g/mol. The van der Waals surface area contributed by atoms with E-state index in [9.17, 15) is 4.79 Å². The second-order valence-corrected chi connectivity index (χ2v) is 4.55. The molecule has 0 spiro atoms. The van der Waals surface area contributed by atoms with Crippen molar-refractivity contribution in [2.75, 3.05) is 7.11 Å². The summed E-state index contributed by atoms with van der Waals surface area (Å²) in [5.41, 5.74) is 0.468. The molecule has 0 fully saturated rings. The van der Waals surface area contributed by atoms with E-state index in [0.717, 1.165) is 0 Å². The maximum absolute atomic E-state index is 11.3. The number of esters is 1. The summed E-state index contributed by atoms with van der Waals surface area (Å²) in [5, 5.41) is 0.546. The Labute approximate surface area is 103 Å². The van der Waals surface area contributed by atoms with Crippen LogP contribution in [0.4, 0.5) is 0 Å². The predicted octanol–water partition coefficient (Wildman–Crippen LogP) is 3.49. The molecule has 1 rings (SSSR count). The Morgan fingerprint density at radius 3 is 2.77 bits per heavy atom. The standard InChI is InChI=1S/C8H5BrClIO2/c1-13-8(12)6-4(9)2-3-5(10)7(6)11/h2-3H,1H3. The number of ether oxygens (including phenoxy) is 1. The lowest BCUT2D eigenvalue weighted by atomic mass is 10.2. The third-order valence-corrected chi connectivity index (χ3v) is 3.85. The molecule has 0 unspecified atom stereocenters.